The van der Waals surface area contributed by atoms with Crippen molar-refractivity contribution >= 4 is 18.0 Å². The Kier molecular flexibility index (Phi) is 8.21. The molecule has 0 bridgehead atoms. The maximum Gasteiger partial charge on any atom is 0.407 e. The number of hydrogen-bond donors (Lipinski definition) is 3. The van der Waals surface area contributed by atoms with Gasteiger partial charge in [0.1, 0.15) is 12.6 Å². The number of methoxy groups -OCH3 is 1. The number of amides is 2. The number of alkyl carbamates (subject to hydrolysis) is 1. The Morgan fingerprint density at radius 1 is 1.03 bits per heavy atom. The summed E-state index contributed by atoms with van der Waals surface area (Å²) in [6.45, 7) is 0.962. The third-order valence-electron chi connectivity index (χ3n) is 5.42. The van der Waals surface area contributed by atoms with Gasteiger partial charge >= 0.3 is 12.1 Å². The third-order valence-corrected chi connectivity index (χ3v) is 5.42. The van der Waals surface area contributed by atoms with Crippen LogP contribution in [0.25, 0.3) is 11.1 Å². The fraction of sp³-hybridized carbons (Fsp3) is 0.375. The molecule has 0 aliphatic heterocycles. The lowest BCUT2D eigenvalue weighted by atomic mass is 9.98. The van der Waals surface area contributed by atoms with Gasteiger partial charge in [-0.1, -0.05) is 48.5 Å². The standard InChI is InChI=1S/C24H28N2O6/c1-31-14-6-13-25-23(29)21(11-12-22(27)28)26-24(30)32-15-20-18-9-4-2-7-16(18)17-8-3-5-10-19(17)20/h2-5,7-10,20-21H,6,11-15H2,1H3,(H,25,29)(H,26,30)(H,27,28). The Hall–Kier alpha value is -3.39. The van der Waals surface area contributed by atoms with Crippen LogP contribution < -0.4 is 10.6 Å². The molecule has 0 spiro atoms. The predicted molar refractivity (Wildman–Crippen MR) is 118 cm³/mol. The molecular weight excluding hydrogens is 412 g/mol. The van der Waals surface area contributed by atoms with E-state index in [2.05, 4.69) is 10.6 Å². The number of benzene rings is 2. The fourth-order valence-corrected chi connectivity index (χ4v) is 3.87. The molecule has 1 unspecified atom stereocenters. The SMILES string of the molecule is COCCCNC(=O)C(CCC(=O)O)NC(=O)OCC1c2ccccc2-c2ccccc21. The largest absolute Gasteiger partial charge is 0.481 e. The van der Waals surface area contributed by atoms with E-state index in [9.17, 15) is 14.4 Å². The van der Waals surface area contributed by atoms with Gasteiger partial charge in [0, 0.05) is 32.6 Å². The zero-order valence-corrected chi connectivity index (χ0v) is 18.0. The van der Waals surface area contributed by atoms with Crippen molar-refractivity contribution in [3.63, 3.8) is 0 Å². The maximum atomic E-state index is 12.5. The average molecular weight is 440 g/mol. The minimum atomic E-state index is -1.04. The first-order chi connectivity index (χ1) is 15.5. The molecule has 2 aromatic carbocycles. The molecule has 0 heterocycles. The normalized spacial score (nSPS) is 13.0. The molecule has 170 valence electrons. The summed E-state index contributed by atoms with van der Waals surface area (Å²) >= 11 is 0. The van der Waals surface area contributed by atoms with Gasteiger partial charge < -0.3 is 25.2 Å². The van der Waals surface area contributed by atoms with Crippen LogP contribution in [-0.4, -0.2) is 56.0 Å². The van der Waals surface area contributed by atoms with E-state index in [1.54, 1.807) is 7.11 Å². The van der Waals surface area contributed by atoms with Crippen molar-refractivity contribution in [2.75, 3.05) is 26.9 Å². The molecule has 32 heavy (non-hydrogen) atoms. The molecule has 0 aromatic heterocycles. The summed E-state index contributed by atoms with van der Waals surface area (Å²) in [5.74, 6) is -1.60. The second kappa shape index (κ2) is 11.3. The van der Waals surface area contributed by atoms with E-state index >= 15 is 0 Å². The van der Waals surface area contributed by atoms with E-state index in [1.807, 2.05) is 48.5 Å². The number of aliphatic carboxylic acids is 1. The summed E-state index contributed by atoms with van der Waals surface area (Å²) in [5.41, 5.74) is 4.40. The van der Waals surface area contributed by atoms with Crippen molar-refractivity contribution in [3.8, 4) is 11.1 Å². The Labute approximate surface area is 186 Å². The minimum Gasteiger partial charge on any atom is -0.481 e. The van der Waals surface area contributed by atoms with Crippen LogP contribution >= 0.6 is 0 Å². The van der Waals surface area contributed by atoms with E-state index in [4.69, 9.17) is 14.6 Å². The fourth-order valence-electron chi connectivity index (χ4n) is 3.87. The summed E-state index contributed by atoms with van der Waals surface area (Å²) in [7, 11) is 1.57. The third kappa shape index (κ3) is 5.85. The smallest absolute Gasteiger partial charge is 0.407 e. The van der Waals surface area contributed by atoms with Gasteiger partial charge in [-0.25, -0.2) is 4.79 Å². The second-order valence-electron chi connectivity index (χ2n) is 7.59. The van der Waals surface area contributed by atoms with Crippen LogP contribution in [0.5, 0.6) is 0 Å². The van der Waals surface area contributed by atoms with Crippen molar-refractivity contribution in [3.05, 3.63) is 59.7 Å². The van der Waals surface area contributed by atoms with Crippen molar-refractivity contribution in [1.82, 2.24) is 10.6 Å². The van der Waals surface area contributed by atoms with Gasteiger partial charge in [0.2, 0.25) is 5.91 Å². The lowest BCUT2D eigenvalue weighted by molar-refractivity contribution is -0.137. The van der Waals surface area contributed by atoms with Crippen LogP contribution in [0.4, 0.5) is 4.79 Å². The number of carboxylic acid groups (broad SMARTS) is 1. The number of nitrogens with one attached hydrogen (secondary N) is 2. The highest BCUT2D eigenvalue weighted by molar-refractivity contribution is 5.86. The van der Waals surface area contributed by atoms with Gasteiger partial charge in [-0.15, -0.1) is 0 Å². The first kappa shape index (κ1) is 23.3. The monoisotopic (exact) mass is 440 g/mol. The molecule has 2 amide bonds. The Morgan fingerprint density at radius 2 is 1.66 bits per heavy atom. The summed E-state index contributed by atoms with van der Waals surface area (Å²) in [6, 6.07) is 15.0. The van der Waals surface area contributed by atoms with Crippen LogP contribution in [0.15, 0.2) is 48.5 Å². The van der Waals surface area contributed by atoms with Crippen molar-refractivity contribution in [2.24, 2.45) is 0 Å². The molecule has 0 saturated heterocycles. The van der Waals surface area contributed by atoms with Crippen molar-refractivity contribution in [2.45, 2.75) is 31.2 Å². The first-order valence-corrected chi connectivity index (χ1v) is 10.6. The molecular formula is C24H28N2O6. The van der Waals surface area contributed by atoms with Gasteiger partial charge in [0.15, 0.2) is 0 Å². The molecule has 8 nitrogen and oxygen atoms in total. The molecule has 0 saturated carbocycles. The summed E-state index contributed by atoms with van der Waals surface area (Å²) in [4.78, 5) is 35.9. The summed E-state index contributed by atoms with van der Waals surface area (Å²) < 4.78 is 10.4. The summed E-state index contributed by atoms with van der Waals surface area (Å²) in [6.07, 6.45) is -0.428. The van der Waals surface area contributed by atoms with Gasteiger partial charge in [-0.05, 0) is 35.1 Å². The zero-order valence-electron chi connectivity index (χ0n) is 18.0. The number of carbonyl (C=O) groups is 3. The molecule has 8 heteroatoms. The Morgan fingerprint density at radius 3 is 2.25 bits per heavy atom. The first-order valence-electron chi connectivity index (χ1n) is 10.6. The lowest BCUT2D eigenvalue weighted by Gasteiger charge is -2.19. The lowest BCUT2D eigenvalue weighted by Crippen LogP contribution is -2.47. The van der Waals surface area contributed by atoms with Crippen LogP contribution in [0.3, 0.4) is 0 Å². The van der Waals surface area contributed by atoms with Gasteiger partial charge in [-0.3, -0.25) is 9.59 Å². The Balaban J connectivity index is 1.61. The predicted octanol–water partition coefficient (Wildman–Crippen LogP) is 2.91. The molecule has 3 rings (SSSR count). The number of hydrogen-bond acceptors (Lipinski definition) is 5. The van der Waals surface area contributed by atoms with Gasteiger partial charge in [-0.2, -0.15) is 0 Å². The second-order valence-corrected chi connectivity index (χ2v) is 7.59. The maximum absolute atomic E-state index is 12.5. The molecule has 2 aromatic rings. The number of fused-ring (bicyclic) bond motifs is 3. The van der Waals surface area contributed by atoms with Crippen molar-refractivity contribution < 1.29 is 29.0 Å². The molecule has 3 N–H and O–H groups in total. The van der Waals surface area contributed by atoms with Gasteiger partial charge in [0.25, 0.3) is 0 Å². The number of carboxylic acids is 1. The number of rotatable bonds is 11. The highest BCUT2D eigenvalue weighted by atomic mass is 16.5. The van der Waals surface area contributed by atoms with Crippen LogP contribution in [0, 0.1) is 0 Å². The van der Waals surface area contributed by atoms with E-state index in [1.165, 1.54) is 0 Å². The van der Waals surface area contributed by atoms with Crippen LogP contribution in [-0.2, 0) is 19.1 Å². The van der Waals surface area contributed by atoms with E-state index in [-0.39, 0.29) is 25.4 Å². The van der Waals surface area contributed by atoms with E-state index < -0.39 is 24.0 Å². The van der Waals surface area contributed by atoms with Crippen LogP contribution in [0.1, 0.15) is 36.3 Å². The number of ether oxygens (including phenoxy) is 2. The topological polar surface area (TPSA) is 114 Å². The molecule has 1 aliphatic rings. The highest BCUT2D eigenvalue weighted by Crippen LogP contribution is 2.44. The molecule has 1 atom stereocenters. The summed E-state index contributed by atoms with van der Waals surface area (Å²) in [5, 5.41) is 14.2. The average Bonchev–Trinajstić information content (AvgIpc) is 3.11. The molecule has 1 aliphatic carbocycles. The Bertz CT molecular complexity index is 916. The quantitative estimate of drug-likeness (QED) is 0.463. The highest BCUT2D eigenvalue weighted by Gasteiger charge is 2.29. The van der Waals surface area contributed by atoms with Crippen LogP contribution in [0.2, 0.25) is 0 Å². The van der Waals surface area contributed by atoms with E-state index in [0.29, 0.717) is 19.6 Å². The zero-order chi connectivity index (χ0) is 22.9. The van der Waals surface area contributed by atoms with Crippen molar-refractivity contribution in [1.29, 1.82) is 0 Å². The van der Waals surface area contributed by atoms with Gasteiger partial charge in [0.05, 0.1) is 0 Å². The van der Waals surface area contributed by atoms with E-state index in [0.717, 1.165) is 22.3 Å². The minimum absolute atomic E-state index is 0.0321. The number of carbonyl (C=O) groups excluding carboxylic acids is 2. The molecule has 0 radical (unpaired) electrons. The molecule has 0 fully saturated rings.